The third kappa shape index (κ3) is 3.66. The lowest BCUT2D eigenvalue weighted by atomic mass is 9.94. The lowest BCUT2D eigenvalue weighted by Gasteiger charge is -2.20. The second-order valence-electron chi connectivity index (χ2n) is 7.74. The van der Waals surface area contributed by atoms with Gasteiger partial charge in [0.25, 0.3) is 0 Å². The third-order valence-corrected chi connectivity index (χ3v) is 5.38. The van der Waals surface area contributed by atoms with Crippen LogP contribution in [0.25, 0.3) is 11.4 Å². The van der Waals surface area contributed by atoms with E-state index in [1.54, 1.807) is 12.1 Å². The minimum Gasteiger partial charge on any atom is -0.308 e. The quantitative estimate of drug-likeness (QED) is 0.590. The first-order valence-electron chi connectivity index (χ1n) is 9.86. The predicted octanol–water partition coefficient (Wildman–Crippen LogP) is 4.43. The molecule has 1 fully saturated rings. The maximum Gasteiger partial charge on any atom is 0.343 e. The van der Waals surface area contributed by atoms with Gasteiger partial charge in [0, 0.05) is 17.3 Å². The number of urea groups is 1. The molecule has 8 heteroatoms. The minimum atomic E-state index is -0.451. The molecule has 0 spiro atoms. The van der Waals surface area contributed by atoms with E-state index >= 15 is 0 Å². The Morgan fingerprint density at radius 2 is 1.77 bits per heavy atom. The number of amides is 2. The number of benzene rings is 2. The highest BCUT2D eigenvalue weighted by atomic mass is 19.1. The van der Waals surface area contributed by atoms with Crippen LogP contribution in [-0.4, -0.2) is 27.9 Å². The Hall–Kier alpha value is -3.26. The molecule has 2 N–H and O–H groups in total. The number of anilines is 1. The Morgan fingerprint density at radius 3 is 2.33 bits per heavy atom. The first kappa shape index (κ1) is 20.0. The van der Waals surface area contributed by atoms with Gasteiger partial charge in [0.05, 0.1) is 12.5 Å². The van der Waals surface area contributed by atoms with Gasteiger partial charge in [0.1, 0.15) is 11.6 Å². The van der Waals surface area contributed by atoms with Crippen LogP contribution in [0.1, 0.15) is 44.1 Å². The fraction of sp³-hybridized carbons (Fsp3) is 0.318. The molecule has 0 aliphatic heterocycles. The average Bonchev–Trinajstić information content (AvgIpc) is 3.40. The lowest BCUT2D eigenvalue weighted by molar-refractivity contribution is 0.114. The minimum absolute atomic E-state index is 0.146. The summed E-state index contributed by atoms with van der Waals surface area (Å²) < 4.78 is 15.6. The van der Waals surface area contributed by atoms with E-state index in [0.29, 0.717) is 5.69 Å². The van der Waals surface area contributed by atoms with Crippen LogP contribution in [0.4, 0.5) is 14.9 Å². The van der Waals surface area contributed by atoms with E-state index in [-0.39, 0.29) is 17.3 Å². The zero-order valence-corrected chi connectivity index (χ0v) is 17.1. The summed E-state index contributed by atoms with van der Waals surface area (Å²) in [5.41, 5.74) is 4.59. The molecular weight excluding hydrogens is 385 g/mol. The summed E-state index contributed by atoms with van der Waals surface area (Å²) in [7, 11) is 1.37. The highest BCUT2D eigenvalue weighted by molar-refractivity contribution is 5.88. The smallest absolute Gasteiger partial charge is 0.308 e. The van der Waals surface area contributed by atoms with Crippen LogP contribution in [-0.2, 0) is 10.3 Å². The molecule has 7 nitrogen and oxygen atoms in total. The van der Waals surface area contributed by atoms with Crippen molar-refractivity contribution in [1.82, 2.24) is 20.2 Å². The highest BCUT2D eigenvalue weighted by Gasteiger charge is 2.50. The number of nitrogens with zero attached hydrogens (tertiary/aromatic N) is 3. The van der Waals surface area contributed by atoms with Crippen molar-refractivity contribution in [1.29, 1.82) is 0 Å². The molecule has 1 aromatic heterocycles. The standard InChI is InChI=1S/C22H24FN5O2/c1-14(2)28-19(15-4-10-18(11-5-15)24-21(29)27-30-3)25-26-20(28)22(12-13-22)16-6-8-17(23)9-7-16/h4-11,14H,12-13H2,1-3H3,(H2,24,27,29). The van der Waals surface area contributed by atoms with Crippen LogP contribution in [0.2, 0.25) is 0 Å². The van der Waals surface area contributed by atoms with Crippen LogP contribution in [0, 0.1) is 5.82 Å². The largest absolute Gasteiger partial charge is 0.343 e. The zero-order chi connectivity index (χ0) is 21.3. The fourth-order valence-electron chi connectivity index (χ4n) is 3.79. The second kappa shape index (κ2) is 7.87. The van der Waals surface area contributed by atoms with Crippen LogP contribution >= 0.6 is 0 Å². The summed E-state index contributed by atoms with van der Waals surface area (Å²) in [6.07, 6.45) is 1.92. The Labute approximate surface area is 174 Å². The molecule has 1 aliphatic carbocycles. The maximum absolute atomic E-state index is 13.4. The Balaban J connectivity index is 1.67. The first-order chi connectivity index (χ1) is 14.4. The molecule has 0 saturated heterocycles. The molecule has 1 aliphatic rings. The summed E-state index contributed by atoms with van der Waals surface area (Å²) in [5, 5.41) is 11.7. The molecule has 0 radical (unpaired) electrons. The van der Waals surface area contributed by atoms with Crippen molar-refractivity contribution >= 4 is 11.7 Å². The SMILES string of the molecule is CONC(=O)Nc1ccc(-c2nnc(C3(c4ccc(F)cc4)CC3)n2C(C)C)cc1. The molecule has 2 aromatic carbocycles. The fourth-order valence-corrected chi connectivity index (χ4v) is 3.79. The van der Waals surface area contributed by atoms with E-state index in [0.717, 1.165) is 35.6 Å². The molecule has 4 rings (SSSR count). The summed E-state index contributed by atoms with van der Waals surface area (Å²) in [6, 6.07) is 13.8. The van der Waals surface area contributed by atoms with Crippen molar-refractivity contribution in [2.24, 2.45) is 0 Å². The normalized spacial score (nSPS) is 14.6. The summed E-state index contributed by atoms with van der Waals surface area (Å²) >= 11 is 0. The second-order valence-corrected chi connectivity index (χ2v) is 7.74. The number of rotatable bonds is 6. The summed E-state index contributed by atoms with van der Waals surface area (Å²) in [5.74, 6) is 1.43. The van der Waals surface area contributed by atoms with Crippen LogP contribution in [0.3, 0.4) is 0 Å². The van der Waals surface area contributed by atoms with Crippen LogP contribution in [0.15, 0.2) is 48.5 Å². The molecule has 30 heavy (non-hydrogen) atoms. The Kier molecular flexibility index (Phi) is 5.26. The van der Waals surface area contributed by atoms with Gasteiger partial charge in [-0.2, -0.15) is 0 Å². The lowest BCUT2D eigenvalue weighted by Crippen LogP contribution is -2.27. The topological polar surface area (TPSA) is 81.1 Å². The van der Waals surface area contributed by atoms with E-state index in [2.05, 4.69) is 44.2 Å². The first-order valence-corrected chi connectivity index (χ1v) is 9.86. The molecule has 0 bridgehead atoms. The van der Waals surface area contributed by atoms with Gasteiger partial charge in [-0.15, -0.1) is 10.2 Å². The van der Waals surface area contributed by atoms with Crippen molar-refractivity contribution in [2.75, 3.05) is 12.4 Å². The van der Waals surface area contributed by atoms with Crippen LogP contribution in [0.5, 0.6) is 0 Å². The predicted molar refractivity (Wildman–Crippen MR) is 111 cm³/mol. The Bertz CT molecular complexity index is 1040. The number of carbonyl (C=O) groups is 1. The molecular formula is C22H24FN5O2. The molecule has 1 saturated carbocycles. The van der Waals surface area contributed by atoms with Gasteiger partial charge in [-0.05, 0) is 68.7 Å². The number of aromatic nitrogens is 3. The monoisotopic (exact) mass is 409 g/mol. The van der Waals surface area contributed by atoms with Gasteiger partial charge in [0.15, 0.2) is 5.82 Å². The van der Waals surface area contributed by atoms with E-state index in [9.17, 15) is 9.18 Å². The number of hydrogen-bond acceptors (Lipinski definition) is 4. The highest BCUT2D eigenvalue weighted by Crippen LogP contribution is 2.53. The van der Waals surface area contributed by atoms with Gasteiger partial charge >= 0.3 is 6.03 Å². The maximum atomic E-state index is 13.4. The average molecular weight is 409 g/mol. The van der Waals surface area contributed by atoms with Gasteiger partial charge in [-0.25, -0.2) is 14.7 Å². The van der Waals surface area contributed by atoms with Gasteiger partial charge in [-0.3, -0.25) is 4.84 Å². The number of halogens is 1. The van der Waals surface area contributed by atoms with E-state index in [1.807, 2.05) is 24.3 Å². The third-order valence-electron chi connectivity index (χ3n) is 5.38. The van der Waals surface area contributed by atoms with E-state index in [4.69, 9.17) is 0 Å². The van der Waals surface area contributed by atoms with Gasteiger partial charge in [-0.1, -0.05) is 12.1 Å². The number of nitrogens with one attached hydrogen (secondary N) is 2. The molecule has 3 aromatic rings. The van der Waals surface area contributed by atoms with Crippen molar-refractivity contribution in [2.45, 2.75) is 38.1 Å². The van der Waals surface area contributed by atoms with Crippen molar-refractivity contribution in [3.63, 3.8) is 0 Å². The number of carbonyl (C=O) groups excluding carboxylic acids is 1. The molecule has 0 atom stereocenters. The molecule has 1 heterocycles. The molecule has 156 valence electrons. The molecule has 2 amide bonds. The van der Waals surface area contributed by atoms with Crippen molar-refractivity contribution in [3.05, 3.63) is 65.7 Å². The van der Waals surface area contributed by atoms with Crippen molar-refractivity contribution in [3.8, 4) is 11.4 Å². The van der Waals surface area contributed by atoms with Crippen molar-refractivity contribution < 1.29 is 14.0 Å². The van der Waals surface area contributed by atoms with Crippen LogP contribution < -0.4 is 10.8 Å². The van der Waals surface area contributed by atoms with Gasteiger partial charge in [0.2, 0.25) is 0 Å². The number of hydrogen-bond donors (Lipinski definition) is 2. The number of hydroxylamine groups is 1. The Morgan fingerprint density at radius 1 is 1.10 bits per heavy atom. The van der Waals surface area contributed by atoms with E-state index in [1.165, 1.54) is 19.2 Å². The van der Waals surface area contributed by atoms with Gasteiger partial charge < -0.3 is 9.88 Å². The summed E-state index contributed by atoms with van der Waals surface area (Å²) in [4.78, 5) is 16.2. The zero-order valence-electron chi connectivity index (χ0n) is 17.1. The van der Waals surface area contributed by atoms with E-state index < -0.39 is 6.03 Å². The molecule has 0 unspecified atom stereocenters. The summed E-state index contributed by atoms with van der Waals surface area (Å²) in [6.45, 7) is 4.20.